The van der Waals surface area contributed by atoms with Crippen LogP contribution in [0.3, 0.4) is 0 Å². The van der Waals surface area contributed by atoms with E-state index in [4.69, 9.17) is 0 Å². The number of thioether (sulfide) groups is 1. The molecule has 0 saturated carbocycles. The van der Waals surface area contributed by atoms with Gasteiger partial charge >= 0.3 is 5.51 Å². The molecule has 90 valence electrons. The number of aliphatic hydroxyl groups is 1. The van der Waals surface area contributed by atoms with E-state index in [-0.39, 0.29) is 11.8 Å². The average Bonchev–Trinajstić information content (AvgIpc) is 2.15. The van der Waals surface area contributed by atoms with Crippen LogP contribution < -0.4 is 0 Å². The van der Waals surface area contributed by atoms with Gasteiger partial charge in [-0.05, 0) is 31.2 Å². The minimum atomic E-state index is -4.31. The number of rotatable bonds is 3. The van der Waals surface area contributed by atoms with Gasteiger partial charge in [0.25, 0.3) is 0 Å². The molecule has 0 aliphatic heterocycles. The van der Waals surface area contributed by atoms with Crippen molar-refractivity contribution in [2.24, 2.45) is 0 Å². The van der Waals surface area contributed by atoms with Crippen molar-refractivity contribution in [2.75, 3.05) is 5.75 Å². The Morgan fingerprint density at radius 1 is 1.19 bits per heavy atom. The van der Waals surface area contributed by atoms with Crippen LogP contribution in [0.25, 0.3) is 0 Å². The molecule has 0 heterocycles. The number of benzene rings is 1. The second-order valence-electron chi connectivity index (χ2n) is 3.87. The molecule has 0 spiro atoms. The first-order valence-corrected chi connectivity index (χ1v) is 5.69. The molecule has 1 N–H and O–H groups in total. The fourth-order valence-corrected chi connectivity index (χ4v) is 1.83. The Labute approximate surface area is 96.7 Å². The van der Waals surface area contributed by atoms with Gasteiger partial charge in [0.15, 0.2) is 0 Å². The highest BCUT2D eigenvalue weighted by molar-refractivity contribution is 8.00. The summed E-state index contributed by atoms with van der Waals surface area (Å²) in [5.41, 5.74) is -4.28. The van der Waals surface area contributed by atoms with Crippen LogP contribution in [-0.2, 0) is 5.60 Å². The number of halogens is 3. The van der Waals surface area contributed by atoms with Crippen LogP contribution in [0.15, 0.2) is 24.3 Å². The Morgan fingerprint density at radius 2 is 1.69 bits per heavy atom. The van der Waals surface area contributed by atoms with Gasteiger partial charge in [-0.25, -0.2) is 0 Å². The van der Waals surface area contributed by atoms with Crippen molar-refractivity contribution in [1.29, 1.82) is 0 Å². The molecule has 0 saturated heterocycles. The normalized spacial score (nSPS) is 15.9. The predicted octanol–water partition coefficient (Wildman–Crippen LogP) is 3.46. The van der Waals surface area contributed by atoms with Gasteiger partial charge in [0, 0.05) is 5.75 Å². The first-order chi connectivity index (χ1) is 7.21. The molecule has 1 rings (SSSR count). The molecule has 5 heteroatoms. The van der Waals surface area contributed by atoms with Crippen LogP contribution in [0.1, 0.15) is 18.1 Å². The molecule has 0 fully saturated rings. The van der Waals surface area contributed by atoms with Crippen molar-refractivity contribution in [3.8, 4) is 0 Å². The highest BCUT2D eigenvalue weighted by Gasteiger charge is 2.33. The first kappa shape index (κ1) is 13.4. The second-order valence-corrected chi connectivity index (χ2v) is 4.91. The van der Waals surface area contributed by atoms with Crippen molar-refractivity contribution >= 4 is 11.8 Å². The summed E-state index contributed by atoms with van der Waals surface area (Å²) in [6.45, 7) is 3.26. The van der Waals surface area contributed by atoms with Crippen LogP contribution in [0.4, 0.5) is 13.2 Å². The summed E-state index contributed by atoms with van der Waals surface area (Å²) in [7, 11) is 0. The zero-order chi connectivity index (χ0) is 12.4. The highest BCUT2D eigenvalue weighted by atomic mass is 32.2. The minimum absolute atomic E-state index is 0.210. The van der Waals surface area contributed by atoms with Gasteiger partial charge in [0.2, 0.25) is 0 Å². The van der Waals surface area contributed by atoms with E-state index < -0.39 is 16.9 Å². The van der Waals surface area contributed by atoms with Crippen molar-refractivity contribution in [3.63, 3.8) is 0 Å². The van der Waals surface area contributed by atoms with E-state index in [0.29, 0.717) is 5.56 Å². The summed E-state index contributed by atoms with van der Waals surface area (Å²) in [6, 6.07) is 6.82. The lowest BCUT2D eigenvalue weighted by atomic mass is 9.97. The third-order valence-corrected chi connectivity index (χ3v) is 3.22. The molecule has 0 aliphatic rings. The Kier molecular flexibility index (Phi) is 3.91. The highest BCUT2D eigenvalue weighted by Crippen LogP contribution is 2.35. The van der Waals surface area contributed by atoms with E-state index >= 15 is 0 Å². The fraction of sp³-hybridized carbons (Fsp3) is 0.455. The summed E-state index contributed by atoms with van der Waals surface area (Å²) in [5.74, 6) is -0.403. The second kappa shape index (κ2) is 4.67. The molecule has 0 radical (unpaired) electrons. The molecule has 1 aromatic carbocycles. The molecule has 0 aliphatic carbocycles. The van der Waals surface area contributed by atoms with Crippen molar-refractivity contribution in [1.82, 2.24) is 0 Å². The molecule has 1 aromatic rings. The minimum Gasteiger partial charge on any atom is -0.385 e. The standard InChI is InChI=1S/C11H13F3OS/c1-8-3-5-9(6-4-8)10(2,15)7-16-11(12,13)14/h3-6,15H,7H2,1-2H3. The Bertz CT molecular complexity index is 343. The van der Waals surface area contributed by atoms with E-state index in [1.54, 1.807) is 24.3 Å². The molecule has 1 nitrogen and oxygen atoms in total. The maximum atomic E-state index is 12.0. The maximum Gasteiger partial charge on any atom is 0.441 e. The lowest BCUT2D eigenvalue weighted by Gasteiger charge is -2.24. The van der Waals surface area contributed by atoms with Gasteiger partial charge in [-0.15, -0.1) is 0 Å². The largest absolute Gasteiger partial charge is 0.441 e. The molecule has 1 unspecified atom stereocenters. The molecular weight excluding hydrogens is 237 g/mol. The lowest BCUT2D eigenvalue weighted by molar-refractivity contribution is -0.0345. The van der Waals surface area contributed by atoms with Crippen molar-refractivity contribution < 1.29 is 18.3 Å². The van der Waals surface area contributed by atoms with Crippen molar-refractivity contribution in [3.05, 3.63) is 35.4 Å². The Hall–Kier alpha value is -0.680. The van der Waals surface area contributed by atoms with Crippen LogP contribution in [-0.4, -0.2) is 16.4 Å². The molecular formula is C11H13F3OS. The van der Waals surface area contributed by atoms with Crippen LogP contribution in [0.5, 0.6) is 0 Å². The molecule has 16 heavy (non-hydrogen) atoms. The fourth-order valence-electron chi connectivity index (χ4n) is 1.22. The van der Waals surface area contributed by atoms with Gasteiger partial charge in [0.05, 0.1) is 5.60 Å². The molecule has 0 amide bonds. The molecule has 1 atom stereocenters. The summed E-state index contributed by atoms with van der Waals surface area (Å²) in [6.07, 6.45) is 0. The zero-order valence-corrected chi connectivity index (χ0v) is 9.82. The summed E-state index contributed by atoms with van der Waals surface area (Å²) in [4.78, 5) is 0. The van der Waals surface area contributed by atoms with E-state index in [1.165, 1.54) is 6.92 Å². The van der Waals surface area contributed by atoms with Gasteiger partial charge in [-0.3, -0.25) is 0 Å². The Balaban J connectivity index is 2.73. The third kappa shape index (κ3) is 4.06. The predicted molar refractivity (Wildman–Crippen MR) is 59.3 cm³/mol. The van der Waals surface area contributed by atoms with Crippen LogP contribution in [0.2, 0.25) is 0 Å². The summed E-state index contributed by atoms with van der Waals surface area (Å²) >= 11 is -0.210. The van der Waals surface area contributed by atoms with Crippen LogP contribution in [0, 0.1) is 6.92 Å². The SMILES string of the molecule is Cc1ccc(C(C)(O)CSC(F)(F)F)cc1. The lowest BCUT2D eigenvalue weighted by Crippen LogP contribution is -2.26. The third-order valence-electron chi connectivity index (χ3n) is 2.19. The first-order valence-electron chi connectivity index (χ1n) is 4.71. The quantitative estimate of drug-likeness (QED) is 0.886. The van der Waals surface area contributed by atoms with Gasteiger partial charge in [-0.2, -0.15) is 13.2 Å². The number of hydrogen-bond donors (Lipinski definition) is 1. The number of hydrogen-bond acceptors (Lipinski definition) is 2. The van der Waals surface area contributed by atoms with Gasteiger partial charge < -0.3 is 5.11 Å². The zero-order valence-electron chi connectivity index (χ0n) is 9.01. The number of alkyl halides is 3. The number of aryl methyl sites for hydroxylation is 1. The molecule has 0 aromatic heterocycles. The van der Waals surface area contributed by atoms with E-state index in [2.05, 4.69) is 0 Å². The molecule has 0 bridgehead atoms. The van der Waals surface area contributed by atoms with Gasteiger partial charge in [-0.1, -0.05) is 29.8 Å². The monoisotopic (exact) mass is 250 g/mol. The van der Waals surface area contributed by atoms with Crippen LogP contribution >= 0.6 is 11.8 Å². The van der Waals surface area contributed by atoms with E-state index in [1.807, 2.05) is 6.92 Å². The summed E-state index contributed by atoms with van der Waals surface area (Å²) < 4.78 is 36.1. The van der Waals surface area contributed by atoms with E-state index in [9.17, 15) is 18.3 Å². The average molecular weight is 250 g/mol. The topological polar surface area (TPSA) is 20.2 Å². The van der Waals surface area contributed by atoms with Crippen molar-refractivity contribution in [2.45, 2.75) is 25.0 Å². The smallest absolute Gasteiger partial charge is 0.385 e. The maximum absolute atomic E-state index is 12.0. The van der Waals surface area contributed by atoms with Gasteiger partial charge in [0.1, 0.15) is 0 Å². The van der Waals surface area contributed by atoms with E-state index in [0.717, 1.165) is 5.56 Å². The summed E-state index contributed by atoms with van der Waals surface area (Å²) in [5, 5.41) is 9.92. The Morgan fingerprint density at radius 3 is 2.12 bits per heavy atom.